The van der Waals surface area contributed by atoms with Crippen LogP contribution in [0.3, 0.4) is 0 Å². The largest absolute Gasteiger partial charge is 0.480 e. The van der Waals surface area contributed by atoms with Crippen LogP contribution in [0.1, 0.15) is 38.2 Å². The number of rotatable bonds is 15. The molecule has 2 aromatic rings. The number of carbonyl (C=O) groups excluding carboxylic acids is 4. The molecular weight excluding hydrogens is 482 g/mol. The Morgan fingerprint density at radius 1 is 0.973 bits per heavy atom. The first kappa shape index (κ1) is 29.3. The van der Waals surface area contributed by atoms with Gasteiger partial charge in [0, 0.05) is 17.1 Å². The van der Waals surface area contributed by atoms with E-state index in [1.807, 2.05) is 24.3 Å². The number of carboxylic acids is 1. The highest BCUT2D eigenvalue weighted by molar-refractivity contribution is 5.96. The molecule has 202 valence electrons. The van der Waals surface area contributed by atoms with Crippen molar-refractivity contribution in [2.45, 2.75) is 63.2 Å². The number of nitrogens with two attached hydrogens (primary N) is 3. The van der Waals surface area contributed by atoms with Crippen LogP contribution in [0.5, 0.6) is 0 Å². The fourth-order valence-electron chi connectivity index (χ4n) is 3.75. The van der Waals surface area contributed by atoms with E-state index >= 15 is 0 Å². The van der Waals surface area contributed by atoms with E-state index in [4.69, 9.17) is 17.2 Å². The number of aliphatic carboxylic acids is 1. The molecule has 0 spiro atoms. The molecule has 2 rings (SSSR count). The molecule has 4 amide bonds. The van der Waals surface area contributed by atoms with Crippen LogP contribution < -0.4 is 33.2 Å². The summed E-state index contributed by atoms with van der Waals surface area (Å²) in [5, 5.41) is 17.5. The van der Waals surface area contributed by atoms with Crippen molar-refractivity contribution in [2.75, 3.05) is 6.54 Å². The molecular formula is C24H35N7O6. The molecule has 4 unspecified atom stereocenters. The fraction of sp³-hybridized carbons (Fsp3) is 0.458. The summed E-state index contributed by atoms with van der Waals surface area (Å²) in [6.07, 6.45) is 2.58. The Balaban J connectivity index is 1.97. The van der Waals surface area contributed by atoms with E-state index in [-0.39, 0.29) is 12.8 Å². The van der Waals surface area contributed by atoms with Crippen molar-refractivity contribution in [2.24, 2.45) is 17.2 Å². The predicted octanol–water partition coefficient (Wildman–Crippen LogP) is -1.40. The first-order valence-electron chi connectivity index (χ1n) is 12.0. The number of benzene rings is 1. The van der Waals surface area contributed by atoms with Crippen LogP contribution in [0.4, 0.5) is 0 Å². The maximum atomic E-state index is 12.7. The molecule has 0 radical (unpaired) electrons. The van der Waals surface area contributed by atoms with Crippen LogP contribution in [0, 0.1) is 0 Å². The third-order valence-corrected chi connectivity index (χ3v) is 5.80. The molecule has 13 nitrogen and oxygen atoms in total. The summed E-state index contributed by atoms with van der Waals surface area (Å²) in [7, 11) is 0. The zero-order valence-corrected chi connectivity index (χ0v) is 20.7. The lowest BCUT2D eigenvalue weighted by Crippen LogP contribution is -2.57. The number of nitrogens with one attached hydrogen (secondary N) is 4. The Hall–Kier alpha value is -3.97. The first-order valence-corrected chi connectivity index (χ1v) is 12.0. The number of aromatic amines is 1. The molecule has 1 aromatic heterocycles. The lowest BCUT2D eigenvalue weighted by molar-refractivity contribution is -0.142. The number of fused-ring (bicyclic) bond motifs is 1. The topological polar surface area (TPSA) is 236 Å². The average molecular weight is 518 g/mol. The summed E-state index contributed by atoms with van der Waals surface area (Å²) < 4.78 is 0. The van der Waals surface area contributed by atoms with Gasteiger partial charge in [-0.05, 0) is 50.8 Å². The van der Waals surface area contributed by atoms with Gasteiger partial charge in [-0.1, -0.05) is 18.2 Å². The van der Waals surface area contributed by atoms with E-state index in [0.29, 0.717) is 19.4 Å². The van der Waals surface area contributed by atoms with Crippen LogP contribution in [-0.4, -0.2) is 70.4 Å². The van der Waals surface area contributed by atoms with Crippen LogP contribution in [-0.2, 0) is 30.4 Å². The van der Waals surface area contributed by atoms with Gasteiger partial charge in [0.05, 0.1) is 12.5 Å². The van der Waals surface area contributed by atoms with Crippen molar-refractivity contribution in [1.29, 1.82) is 0 Å². The van der Waals surface area contributed by atoms with Crippen molar-refractivity contribution in [3.05, 3.63) is 36.0 Å². The van der Waals surface area contributed by atoms with Gasteiger partial charge in [-0.15, -0.1) is 0 Å². The Labute approximate surface area is 213 Å². The van der Waals surface area contributed by atoms with Gasteiger partial charge in [0.1, 0.15) is 18.1 Å². The third kappa shape index (κ3) is 8.88. The molecule has 1 aromatic carbocycles. The second kappa shape index (κ2) is 13.9. The van der Waals surface area contributed by atoms with Crippen molar-refractivity contribution >= 4 is 40.5 Å². The van der Waals surface area contributed by atoms with Crippen molar-refractivity contribution < 1.29 is 29.1 Å². The molecule has 0 aliphatic heterocycles. The van der Waals surface area contributed by atoms with Gasteiger partial charge in [-0.2, -0.15) is 0 Å². The number of primary amides is 1. The van der Waals surface area contributed by atoms with E-state index in [2.05, 4.69) is 20.9 Å². The average Bonchev–Trinajstić information content (AvgIpc) is 3.25. The molecule has 1 heterocycles. The zero-order chi connectivity index (χ0) is 27.5. The highest BCUT2D eigenvalue weighted by atomic mass is 16.4. The molecule has 37 heavy (non-hydrogen) atoms. The minimum absolute atomic E-state index is 0.121. The summed E-state index contributed by atoms with van der Waals surface area (Å²) in [5.74, 6) is -4.40. The minimum Gasteiger partial charge on any atom is -0.480 e. The number of amides is 4. The number of H-pyrrole nitrogens is 1. The SMILES string of the molecule is CC(NC(=O)C(N)Cc1c[nH]c2ccccc12)C(=O)NC(CC(N)=O)C(=O)NC(CCCCN)C(=O)O. The number of para-hydroxylation sites is 1. The molecule has 0 aliphatic rings. The number of carboxylic acid groups (broad SMARTS) is 1. The van der Waals surface area contributed by atoms with Gasteiger partial charge in [0.15, 0.2) is 0 Å². The lowest BCUT2D eigenvalue weighted by atomic mass is 10.0. The summed E-state index contributed by atoms with van der Waals surface area (Å²) in [4.78, 5) is 64.0. The smallest absolute Gasteiger partial charge is 0.326 e. The Kier molecular flexibility index (Phi) is 11.0. The van der Waals surface area contributed by atoms with Gasteiger partial charge in [0.2, 0.25) is 23.6 Å². The standard InChI is InChI=1S/C24H35N7O6/c1-13(29-22(34)16(26)10-14-12-28-17-7-3-2-6-15(14)17)21(33)31-19(11-20(27)32)23(35)30-18(24(36)37)8-4-5-9-25/h2-3,6-7,12-13,16,18-19,28H,4-5,8-11,25-26H2,1H3,(H2,27,32)(H,29,34)(H,30,35)(H,31,33)(H,36,37). The highest BCUT2D eigenvalue weighted by Gasteiger charge is 2.29. The van der Waals surface area contributed by atoms with E-state index in [0.717, 1.165) is 16.5 Å². The molecule has 11 N–H and O–H groups in total. The van der Waals surface area contributed by atoms with E-state index in [1.165, 1.54) is 6.92 Å². The van der Waals surface area contributed by atoms with E-state index < -0.39 is 60.2 Å². The van der Waals surface area contributed by atoms with Gasteiger partial charge < -0.3 is 43.2 Å². The second-order valence-electron chi connectivity index (χ2n) is 8.82. The molecule has 4 atom stereocenters. The second-order valence-corrected chi connectivity index (χ2v) is 8.82. The Bertz CT molecular complexity index is 1120. The fourth-order valence-corrected chi connectivity index (χ4v) is 3.75. The van der Waals surface area contributed by atoms with Gasteiger partial charge in [0.25, 0.3) is 0 Å². The van der Waals surface area contributed by atoms with Crippen LogP contribution in [0.25, 0.3) is 10.9 Å². The maximum absolute atomic E-state index is 12.7. The number of unbranched alkanes of at least 4 members (excludes halogenated alkanes) is 1. The normalized spacial score (nSPS) is 14.2. The third-order valence-electron chi connectivity index (χ3n) is 5.80. The molecule has 0 saturated heterocycles. The minimum atomic E-state index is -1.43. The summed E-state index contributed by atoms with van der Waals surface area (Å²) in [6, 6.07) is 2.83. The Morgan fingerprint density at radius 2 is 1.65 bits per heavy atom. The predicted molar refractivity (Wildman–Crippen MR) is 136 cm³/mol. The first-order chi connectivity index (χ1) is 17.5. The molecule has 0 saturated carbocycles. The molecule has 0 aliphatic carbocycles. The zero-order valence-electron chi connectivity index (χ0n) is 20.7. The Morgan fingerprint density at radius 3 is 2.30 bits per heavy atom. The maximum Gasteiger partial charge on any atom is 0.326 e. The van der Waals surface area contributed by atoms with Gasteiger partial charge in [-0.3, -0.25) is 19.2 Å². The quantitative estimate of drug-likeness (QED) is 0.130. The summed E-state index contributed by atoms with van der Waals surface area (Å²) >= 11 is 0. The number of carbonyl (C=O) groups is 5. The number of hydrogen-bond acceptors (Lipinski definition) is 7. The van der Waals surface area contributed by atoms with Crippen molar-refractivity contribution in [3.8, 4) is 0 Å². The van der Waals surface area contributed by atoms with Crippen LogP contribution >= 0.6 is 0 Å². The molecule has 0 bridgehead atoms. The van der Waals surface area contributed by atoms with Gasteiger partial charge in [-0.25, -0.2) is 4.79 Å². The monoisotopic (exact) mass is 517 g/mol. The molecule has 0 fully saturated rings. The highest BCUT2D eigenvalue weighted by Crippen LogP contribution is 2.18. The number of aromatic nitrogens is 1. The summed E-state index contributed by atoms with van der Waals surface area (Å²) in [5.41, 5.74) is 18.4. The molecule has 13 heteroatoms. The summed E-state index contributed by atoms with van der Waals surface area (Å²) in [6.45, 7) is 1.76. The van der Waals surface area contributed by atoms with Crippen molar-refractivity contribution in [1.82, 2.24) is 20.9 Å². The van der Waals surface area contributed by atoms with Crippen LogP contribution in [0.15, 0.2) is 30.5 Å². The van der Waals surface area contributed by atoms with Crippen LogP contribution in [0.2, 0.25) is 0 Å². The van der Waals surface area contributed by atoms with E-state index in [1.54, 1.807) is 6.20 Å². The van der Waals surface area contributed by atoms with Gasteiger partial charge >= 0.3 is 5.97 Å². The lowest BCUT2D eigenvalue weighted by Gasteiger charge is -2.23. The van der Waals surface area contributed by atoms with E-state index in [9.17, 15) is 29.1 Å². The van der Waals surface area contributed by atoms with Crippen molar-refractivity contribution in [3.63, 3.8) is 0 Å². The number of hydrogen-bond donors (Lipinski definition) is 8.